The number of rotatable bonds is 7. The molecule has 0 atom stereocenters. The number of thiophene rings is 1. The topological polar surface area (TPSA) is 41.9 Å². The van der Waals surface area contributed by atoms with Crippen LogP contribution in [0.2, 0.25) is 5.28 Å². The van der Waals surface area contributed by atoms with Crippen molar-refractivity contribution in [3.63, 3.8) is 0 Å². The fourth-order valence-electron chi connectivity index (χ4n) is 4.12. The van der Waals surface area contributed by atoms with Gasteiger partial charge in [-0.05, 0) is 53.9 Å². The molecule has 7 heteroatoms. The van der Waals surface area contributed by atoms with E-state index in [4.69, 9.17) is 16.6 Å². The molecule has 0 spiro atoms. The predicted octanol–water partition coefficient (Wildman–Crippen LogP) is 7.10. The molecule has 0 N–H and O–H groups in total. The third-order valence-electron chi connectivity index (χ3n) is 5.69. The van der Waals surface area contributed by atoms with Crippen molar-refractivity contribution in [2.24, 2.45) is 0 Å². The minimum Gasteiger partial charge on any atom is -0.351 e. The van der Waals surface area contributed by atoms with Crippen molar-refractivity contribution in [1.82, 2.24) is 15.0 Å². The summed E-state index contributed by atoms with van der Waals surface area (Å²) >= 11 is 7.99. The van der Waals surface area contributed by atoms with E-state index in [0.717, 1.165) is 44.2 Å². The summed E-state index contributed by atoms with van der Waals surface area (Å²) in [4.78, 5) is 17.9. The summed E-state index contributed by atoms with van der Waals surface area (Å²) in [5.41, 5.74) is 4.13. The van der Waals surface area contributed by atoms with E-state index < -0.39 is 0 Å². The van der Waals surface area contributed by atoms with Gasteiger partial charge in [0.15, 0.2) is 0 Å². The Hall–Kier alpha value is -3.35. The lowest BCUT2D eigenvalue weighted by atomic mass is 10.0. The second-order valence-corrected chi connectivity index (χ2v) is 9.56. The highest BCUT2D eigenvalue weighted by molar-refractivity contribution is 7.19. The number of fused-ring (bicyclic) bond motifs is 1. The number of hydrogen-bond acceptors (Lipinski definition) is 5. The van der Waals surface area contributed by atoms with Gasteiger partial charge in [0.1, 0.15) is 16.5 Å². The Labute approximate surface area is 206 Å². The summed E-state index contributed by atoms with van der Waals surface area (Å²) in [6.45, 7) is 3.41. The van der Waals surface area contributed by atoms with E-state index >= 15 is 0 Å². The normalized spacial score (nSPS) is 11.1. The molecule has 0 amide bonds. The van der Waals surface area contributed by atoms with Crippen LogP contribution < -0.4 is 4.90 Å². The monoisotopic (exact) mass is 488 g/mol. The Morgan fingerprint density at radius 1 is 0.941 bits per heavy atom. The zero-order valence-corrected chi connectivity index (χ0v) is 20.2. The van der Waals surface area contributed by atoms with Gasteiger partial charge in [0, 0.05) is 41.8 Å². The number of pyridine rings is 1. The first-order valence-corrected chi connectivity index (χ1v) is 12.2. The van der Waals surface area contributed by atoms with Crippen LogP contribution in [0, 0.1) is 12.7 Å². The lowest BCUT2D eigenvalue weighted by molar-refractivity contribution is 0.628. The Balaban J connectivity index is 1.64. The van der Waals surface area contributed by atoms with Gasteiger partial charge in [-0.25, -0.2) is 9.37 Å². The van der Waals surface area contributed by atoms with Crippen molar-refractivity contribution >= 4 is 39.0 Å². The van der Waals surface area contributed by atoms with Crippen molar-refractivity contribution in [2.75, 3.05) is 11.4 Å². The van der Waals surface area contributed by atoms with Crippen LogP contribution in [0.1, 0.15) is 16.1 Å². The maximum Gasteiger partial charge on any atom is 0.225 e. The summed E-state index contributed by atoms with van der Waals surface area (Å²) in [5, 5.41) is 1.15. The van der Waals surface area contributed by atoms with Gasteiger partial charge in [0.05, 0.1) is 5.39 Å². The van der Waals surface area contributed by atoms with Crippen LogP contribution in [0.25, 0.3) is 21.3 Å². The fourth-order valence-corrected chi connectivity index (χ4v) is 5.37. The van der Waals surface area contributed by atoms with E-state index in [9.17, 15) is 4.39 Å². The molecule has 5 rings (SSSR count). The number of aryl methyl sites for hydroxylation is 1. The van der Waals surface area contributed by atoms with Crippen molar-refractivity contribution < 1.29 is 4.39 Å². The minimum absolute atomic E-state index is 0.213. The highest BCUT2D eigenvalue weighted by Crippen LogP contribution is 2.42. The molecule has 3 heterocycles. The van der Waals surface area contributed by atoms with E-state index in [1.165, 1.54) is 17.7 Å². The molecule has 0 fully saturated rings. The van der Waals surface area contributed by atoms with Gasteiger partial charge in [0.25, 0.3) is 0 Å². The first kappa shape index (κ1) is 22.4. The second kappa shape index (κ2) is 9.87. The van der Waals surface area contributed by atoms with E-state index in [1.54, 1.807) is 23.5 Å². The molecule has 170 valence electrons. The van der Waals surface area contributed by atoms with Crippen LogP contribution >= 0.6 is 22.9 Å². The second-order valence-electron chi connectivity index (χ2n) is 8.01. The molecule has 5 aromatic rings. The summed E-state index contributed by atoms with van der Waals surface area (Å²) in [7, 11) is 0. The predicted molar refractivity (Wildman–Crippen MR) is 138 cm³/mol. The summed E-state index contributed by atoms with van der Waals surface area (Å²) < 4.78 is 13.7. The van der Waals surface area contributed by atoms with Crippen molar-refractivity contribution in [3.8, 4) is 11.1 Å². The molecule has 0 aliphatic carbocycles. The molecule has 2 aromatic carbocycles. The molecule has 0 unspecified atom stereocenters. The standard InChI is InChI=1S/C27H22ClFN4S/c1-18-23(20-10-12-21(29)13-11-20)24-25(31-27(28)32-26(24)34-18)33(17-19-7-3-2-4-8-19)16-14-22-9-5-6-15-30-22/h2-13,15H,14,16-17H2,1H3. The number of nitrogens with zero attached hydrogens (tertiary/aromatic N) is 4. The van der Waals surface area contributed by atoms with Crippen LogP contribution in [-0.4, -0.2) is 21.5 Å². The van der Waals surface area contributed by atoms with Crippen molar-refractivity contribution in [1.29, 1.82) is 0 Å². The zero-order chi connectivity index (χ0) is 23.5. The zero-order valence-electron chi connectivity index (χ0n) is 18.6. The van der Waals surface area contributed by atoms with Crippen LogP contribution in [-0.2, 0) is 13.0 Å². The van der Waals surface area contributed by atoms with Crippen LogP contribution in [0.4, 0.5) is 10.2 Å². The van der Waals surface area contributed by atoms with E-state index in [-0.39, 0.29) is 11.1 Å². The van der Waals surface area contributed by atoms with Crippen molar-refractivity contribution in [2.45, 2.75) is 19.9 Å². The molecule has 0 saturated heterocycles. The third-order valence-corrected chi connectivity index (χ3v) is 6.86. The lowest BCUT2D eigenvalue weighted by Crippen LogP contribution is -2.27. The van der Waals surface area contributed by atoms with E-state index in [1.807, 2.05) is 42.6 Å². The smallest absolute Gasteiger partial charge is 0.225 e. The van der Waals surface area contributed by atoms with Crippen LogP contribution in [0.15, 0.2) is 79.0 Å². The van der Waals surface area contributed by atoms with E-state index in [2.05, 4.69) is 33.9 Å². The molecule has 0 bridgehead atoms. The Bertz CT molecular complexity index is 1410. The number of aromatic nitrogens is 3. The molecule has 34 heavy (non-hydrogen) atoms. The SMILES string of the molecule is Cc1sc2nc(Cl)nc(N(CCc3ccccn3)Cc3ccccc3)c2c1-c1ccc(F)cc1. The van der Waals surface area contributed by atoms with Gasteiger partial charge in [-0.1, -0.05) is 48.5 Å². The molecule has 0 aliphatic rings. The molecular weight excluding hydrogens is 467 g/mol. The maximum atomic E-state index is 13.7. The van der Waals surface area contributed by atoms with Crippen molar-refractivity contribution in [3.05, 3.63) is 106 Å². The Morgan fingerprint density at radius 3 is 2.44 bits per heavy atom. The number of anilines is 1. The van der Waals surface area contributed by atoms with Gasteiger partial charge in [-0.15, -0.1) is 11.3 Å². The molecule has 4 nitrogen and oxygen atoms in total. The van der Waals surface area contributed by atoms with Gasteiger partial charge in [-0.3, -0.25) is 4.98 Å². The summed E-state index contributed by atoms with van der Waals surface area (Å²) in [5.74, 6) is 0.514. The highest BCUT2D eigenvalue weighted by atomic mass is 35.5. The maximum absolute atomic E-state index is 13.7. The number of benzene rings is 2. The molecule has 3 aromatic heterocycles. The van der Waals surface area contributed by atoms with Gasteiger partial charge in [0.2, 0.25) is 5.28 Å². The third kappa shape index (κ3) is 4.79. The van der Waals surface area contributed by atoms with Gasteiger partial charge < -0.3 is 4.90 Å². The fraction of sp³-hybridized carbons (Fsp3) is 0.148. The van der Waals surface area contributed by atoms with Gasteiger partial charge in [-0.2, -0.15) is 4.98 Å². The summed E-state index contributed by atoms with van der Waals surface area (Å²) in [6.07, 6.45) is 2.57. The quantitative estimate of drug-likeness (QED) is 0.229. The first-order valence-electron chi connectivity index (χ1n) is 11.0. The average molecular weight is 489 g/mol. The number of halogens is 2. The van der Waals surface area contributed by atoms with Crippen LogP contribution in [0.5, 0.6) is 0 Å². The minimum atomic E-state index is -0.262. The molecule has 0 radical (unpaired) electrons. The average Bonchev–Trinajstić information content (AvgIpc) is 3.18. The number of hydrogen-bond donors (Lipinski definition) is 0. The lowest BCUT2D eigenvalue weighted by Gasteiger charge is -2.25. The van der Waals surface area contributed by atoms with Crippen LogP contribution in [0.3, 0.4) is 0 Å². The first-order chi connectivity index (χ1) is 16.6. The Morgan fingerprint density at radius 2 is 1.71 bits per heavy atom. The Kier molecular flexibility index (Phi) is 6.52. The highest BCUT2D eigenvalue weighted by Gasteiger charge is 2.22. The van der Waals surface area contributed by atoms with E-state index in [0.29, 0.717) is 13.1 Å². The van der Waals surface area contributed by atoms with Gasteiger partial charge >= 0.3 is 0 Å². The molecule has 0 aliphatic heterocycles. The molecular formula is C27H22ClFN4S. The summed E-state index contributed by atoms with van der Waals surface area (Å²) in [6, 6.07) is 22.8. The largest absolute Gasteiger partial charge is 0.351 e. The molecule has 0 saturated carbocycles.